The van der Waals surface area contributed by atoms with Gasteiger partial charge >= 0.3 is 12.1 Å². The summed E-state index contributed by atoms with van der Waals surface area (Å²) in [5.74, 6) is -2.76. The van der Waals surface area contributed by atoms with E-state index in [1.54, 1.807) is 0 Å². The lowest BCUT2D eigenvalue weighted by atomic mass is 10.2. The molecule has 3 nitrogen and oxygen atoms in total. The smallest absolute Gasteiger partial charge is 0.475 e. The molecule has 0 saturated carbocycles. The molecule has 1 heterocycles. The van der Waals surface area contributed by atoms with Crippen LogP contribution in [0.1, 0.15) is 19.3 Å². The zero-order chi connectivity index (χ0) is 10.3. The Labute approximate surface area is 73.3 Å². The number of carboxylic acids is 1. The lowest BCUT2D eigenvalue weighted by Gasteiger charge is -1.97. The summed E-state index contributed by atoms with van der Waals surface area (Å²) in [6.07, 6.45) is 0.795. The monoisotopic (exact) mass is 197 g/mol. The summed E-state index contributed by atoms with van der Waals surface area (Å²) < 4.78 is 31.7. The van der Waals surface area contributed by atoms with Crippen LogP contribution in [-0.2, 0) is 4.79 Å². The first-order valence-corrected chi connectivity index (χ1v) is 3.73. The van der Waals surface area contributed by atoms with Gasteiger partial charge in [0.1, 0.15) is 0 Å². The third kappa shape index (κ3) is 7.30. The highest BCUT2D eigenvalue weighted by molar-refractivity contribution is 5.73. The van der Waals surface area contributed by atoms with Crippen molar-refractivity contribution in [2.45, 2.75) is 25.4 Å². The first-order valence-electron chi connectivity index (χ1n) is 3.73. The molecule has 0 spiro atoms. The maximum Gasteiger partial charge on any atom is 0.490 e. The molecule has 0 aliphatic carbocycles. The summed E-state index contributed by atoms with van der Waals surface area (Å²) in [7, 11) is 0. The zero-order valence-corrected chi connectivity index (χ0v) is 6.84. The van der Waals surface area contributed by atoms with E-state index >= 15 is 0 Å². The summed E-state index contributed by atoms with van der Waals surface area (Å²) in [5.41, 5.74) is 0. The molecule has 0 unspecified atom stereocenters. The molecule has 0 aromatic carbocycles. The number of halogens is 3. The van der Waals surface area contributed by atoms with Crippen LogP contribution in [0.3, 0.4) is 0 Å². The van der Waals surface area contributed by atoms with Gasteiger partial charge in [0.15, 0.2) is 0 Å². The van der Waals surface area contributed by atoms with Crippen LogP contribution in [0.5, 0.6) is 0 Å². The van der Waals surface area contributed by atoms with Crippen LogP contribution >= 0.6 is 0 Å². The molecule has 1 N–H and O–H groups in total. The molecule has 13 heavy (non-hydrogen) atoms. The second kappa shape index (κ2) is 5.55. The molecule has 0 aromatic heterocycles. The Balaban J connectivity index is 0.000000223. The van der Waals surface area contributed by atoms with Gasteiger partial charge in [0.05, 0.1) is 0 Å². The molecular formula is C7H10F3NO2. The lowest BCUT2D eigenvalue weighted by molar-refractivity contribution is -0.192. The average molecular weight is 197 g/mol. The molecule has 1 rings (SSSR count). The van der Waals surface area contributed by atoms with Crippen molar-refractivity contribution in [1.29, 1.82) is 0 Å². The number of carboxylic acid groups (broad SMARTS) is 1. The largest absolute Gasteiger partial charge is 0.490 e. The fraction of sp³-hybridized carbons (Fsp3) is 0.714. The van der Waals surface area contributed by atoms with Crippen LogP contribution in [0.4, 0.5) is 13.2 Å². The predicted molar refractivity (Wildman–Crippen MR) is 40.9 cm³/mol. The fourth-order valence-corrected chi connectivity index (χ4v) is 0.621. The number of alkyl halides is 3. The van der Waals surface area contributed by atoms with E-state index in [9.17, 15) is 13.2 Å². The summed E-state index contributed by atoms with van der Waals surface area (Å²) in [4.78, 5) is 12.9. The number of carbonyl (C=O) groups is 1. The van der Waals surface area contributed by atoms with E-state index in [2.05, 4.69) is 4.99 Å². The fourth-order valence-electron chi connectivity index (χ4n) is 0.621. The summed E-state index contributed by atoms with van der Waals surface area (Å²) in [6, 6.07) is 0. The van der Waals surface area contributed by atoms with E-state index in [-0.39, 0.29) is 0 Å². The van der Waals surface area contributed by atoms with Gasteiger partial charge in [-0.3, -0.25) is 4.99 Å². The summed E-state index contributed by atoms with van der Waals surface area (Å²) in [5, 5.41) is 7.12. The van der Waals surface area contributed by atoms with Crippen LogP contribution in [0.15, 0.2) is 4.99 Å². The first-order chi connectivity index (χ1) is 5.94. The van der Waals surface area contributed by atoms with Crippen molar-refractivity contribution >= 4 is 12.2 Å². The second-order valence-corrected chi connectivity index (χ2v) is 2.39. The molecule has 0 radical (unpaired) electrons. The molecule has 0 fully saturated rings. The van der Waals surface area contributed by atoms with Crippen molar-refractivity contribution in [2.75, 3.05) is 6.54 Å². The Bertz CT molecular complexity index is 181. The normalized spacial score (nSPS) is 15.9. The van der Waals surface area contributed by atoms with Gasteiger partial charge in [-0.05, 0) is 25.5 Å². The third-order valence-electron chi connectivity index (χ3n) is 1.24. The van der Waals surface area contributed by atoms with Crippen LogP contribution in [0, 0.1) is 0 Å². The quantitative estimate of drug-likeness (QED) is 0.644. The van der Waals surface area contributed by atoms with Gasteiger partial charge in [-0.15, -0.1) is 0 Å². The molecule has 0 amide bonds. The maximum absolute atomic E-state index is 10.6. The van der Waals surface area contributed by atoms with E-state index in [1.165, 1.54) is 19.3 Å². The van der Waals surface area contributed by atoms with E-state index in [1.807, 2.05) is 6.21 Å². The Morgan fingerprint density at radius 2 is 1.92 bits per heavy atom. The minimum absolute atomic E-state index is 1.07. The van der Waals surface area contributed by atoms with Gasteiger partial charge in [0.25, 0.3) is 0 Å². The van der Waals surface area contributed by atoms with Gasteiger partial charge in [0.2, 0.25) is 0 Å². The first kappa shape index (κ1) is 11.9. The van der Waals surface area contributed by atoms with Crippen molar-refractivity contribution in [2.24, 2.45) is 4.99 Å². The molecule has 0 bridgehead atoms. The zero-order valence-electron chi connectivity index (χ0n) is 6.84. The number of hydrogen-bond donors (Lipinski definition) is 1. The molecule has 1 aliphatic rings. The number of aliphatic carboxylic acids is 1. The Kier molecular flexibility index (Phi) is 5.10. The summed E-state index contributed by atoms with van der Waals surface area (Å²) in [6.45, 7) is 1.07. The minimum atomic E-state index is -5.08. The summed E-state index contributed by atoms with van der Waals surface area (Å²) >= 11 is 0. The van der Waals surface area contributed by atoms with E-state index < -0.39 is 12.1 Å². The van der Waals surface area contributed by atoms with Gasteiger partial charge < -0.3 is 5.11 Å². The van der Waals surface area contributed by atoms with Gasteiger partial charge in [-0.2, -0.15) is 13.2 Å². The molecule has 0 aromatic rings. The van der Waals surface area contributed by atoms with E-state index in [0.717, 1.165) is 6.54 Å². The topological polar surface area (TPSA) is 49.7 Å². The number of aliphatic imine (C=N–C) groups is 1. The van der Waals surface area contributed by atoms with Crippen molar-refractivity contribution < 1.29 is 23.1 Å². The molecule has 76 valence electrons. The number of hydrogen-bond acceptors (Lipinski definition) is 2. The standard InChI is InChI=1S/C5H9N.C2HF3O2/c1-2-4-6-5-3-1;3-2(4,5)1(6)7/h4H,1-3,5H2;(H,6,7). The van der Waals surface area contributed by atoms with Crippen LogP contribution in [-0.4, -0.2) is 30.0 Å². The highest BCUT2D eigenvalue weighted by Gasteiger charge is 2.38. The van der Waals surface area contributed by atoms with Crippen molar-refractivity contribution in [3.63, 3.8) is 0 Å². The van der Waals surface area contributed by atoms with Crippen LogP contribution in [0.25, 0.3) is 0 Å². The third-order valence-corrected chi connectivity index (χ3v) is 1.24. The molecule has 0 saturated heterocycles. The highest BCUT2D eigenvalue weighted by atomic mass is 19.4. The van der Waals surface area contributed by atoms with E-state index in [0.29, 0.717) is 0 Å². The second-order valence-electron chi connectivity index (χ2n) is 2.39. The van der Waals surface area contributed by atoms with Crippen LogP contribution in [0.2, 0.25) is 0 Å². The Morgan fingerprint density at radius 3 is 2.00 bits per heavy atom. The van der Waals surface area contributed by atoms with Crippen molar-refractivity contribution in [1.82, 2.24) is 0 Å². The average Bonchev–Trinajstić information content (AvgIpc) is 2.07. The van der Waals surface area contributed by atoms with Gasteiger partial charge in [-0.1, -0.05) is 0 Å². The lowest BCUT2D eigenvalue weighted by Crippen LogP contribution is -2.21. The highest BCUT2D eigenvalue weighted by Crippen LogP contribution is 2.13. The molecule has 0 atom stereocenters. The Hall–Kier alpha value is -1.07. The van der Waals surface area contributed by atoms with E-state index in [4.69, 9.17) is 9.90 Å². The van der Waals surface area contributed by atoms with Gasteiger partial charge in [-0.25, -0.2) is 4.79 Å². The van der Waals surface area contributed by atoms with Crippen molar-refractivity contribution in [3.8, 4) is 0 Å². The Morgan fingerprint density at radius 1 is 1.38 bits per heavy atom. The molecular weight excluding hydrogens is 187 g/mol. The molecule has 1 aliphatic heterocycles. The minimum Gasteiger partial charge on any atom is -0.475 e. The predicted octanol–water partition coefficient (Wildman–Crippen LogP) is 1.87. The maximum atomic E-state index is 10.6. The SMILES string of the molecule is C1=NCCCC1.O=C(O)C(F)(F)F. The van der Waals surface area contributed by atoms with Crippen LogP contribution < -0.4 is 0 Å². The van der Waals surface area contributed by atoms with Crippen molar-refractivity contribution in [3.05, 3.63) is 0 Å². The number of nitrogens with zero attached hydrogens (tertiary/aromatic N) is 1. The number of rotatable bonds is 0. The molecule has 6 heteroatoms. The van der Waals surface area contributed by atoms with Gasteiger partial charge in [0, 0.05) is 6.54 Å².